The second kappa shape index (κ2) is 8.86. The maximum absolute atomic E-state index is 13.8. The third-order valence-electron chi connectivity index (χ3n) is 4.91. The normalized spacial score (nSPS) is 14.9. The quantitative estimate of drug-likeness (QED) is 0.782. The molecule has 2 aromatic carbocycles. The van der Waals surface area contributed by atoms with Crippen LogP contribution in [0.25, 0.3) is 0 Å². The molecule has 1 amide bonds. The largest absolute Gasteiger partial charge is 0.497 e. The van der Waals surface area contributed by atoms with Gasteiger partial charge in [-0.3, -0.25) is 9.69 Å². The minimum Gasteiger partial charge on any atom is -0.497 e. The molecule has 0 bridgehead atoms. The van der Waals surface area contributed by atoms with Gasteiger partial charge >= 0.3 is 0 Å². The molecule has 0 saturated carbocycles. The zero-order valence-electron chi connectivity index (χ0n) is 15.8. The Labute approximate surface area is 159 Å². The Hall–Kier alpha value is -2.60. The van der Waals surface area contributed by atoms with Crippen molar-refractivity contribution < 1.29 is 18.7 Å². The summed E-state index contributed by atoms with van der Waals surface area (Å²) in [4.78, 5) is 16.7. The van der Waals surface area contributed by atoms with E-state index < -0.39 is 0 Å². The van der Waals surface area contributed by atoms with Crippen LogP contribution in [0.1, 0.15) is 11.1 Å². The number of piperazine rings is 1. The van der Waals surface area contributed by atoms with E-state index in [2.05, 4.69) is 4.90 Å². The first-order valence-corrected chi connectivity index (χ1v) is 9.05. The van der Waals surface area contributed by atoms with Crippen molar-refractivity contribution in [2.45, 2.75) is 13.0 Å². The van der Waals surface area contributed by atoms with Crippen molar-refractivity contribution in [3.05, 3.63) is 59.4 Å². The molecule has 0 unspecified atom stereocenters. The molecule has 144 valence electrons. The van der Waals surface area contributed by atoms with Gasteiger partial charge in [-0.25, -0.2) is 4.39 Å². The SMILES string of the molecule is COc1ccc(CC(=O)N2CCN(Cc3ccccc3F)CC2)c(OC)c1. The van der Waals surface area contributed by atoms with Crippen LogP contribution in [0.4, 0.5) is 4.39 Å². The first-order chi connectivity index (χ1) is 13.1. The molecular formula is C21H25FN2O3. The van der Waals surface area contributed by atoms with E-state index in [1.807, 2.05) is 29.2 Å². The van der Waals surface area contributed by atoms with E-state index in [1.54, 1.807) is 26.4 Å². The Morgan fingerprint density at radius 2 is 1.74 bits per heavy atom. The van der Waals surface area contributed by atoms with Crippen LogP contribution in [-0.4, -0.2) is 56.1 Å². The van der Waals surface area contributed by atoms with Crippen LogP contribution >= 0.6 is 0 Å². The van der Waals surface area contributed by atoms with Gasteiger partial charge in [0.2, 0.25) is 5.91 Å². The zero-order chi connectivity index (χ0) is 19.2. The van der Waals surface area contributed by atoms with Crippen LogP contribution < -0.4 is 9.47 Å². The Morgan fingerprint density at radius 3 is 2.41 bits per heavy atom. The highest BCUT2D eigenvalue weighted by Crippen LogP contribution is 2.25. The van der Waals surface area contributed by atoms with Crippen molar-refractivity contribution in [2.24, 2.45) is 0 Å². The van der Waals surface area contributed by atoms with E-state index in [4.69, 9.17) is 9.47 Å². The summed E-state index contributed by atoms with van der Waals surface area (Å²) >= 11 is 0. The van der Waals surface area contributed by atoms with Gasteiger partial charge in [0.05, 0.1) is 20.6 Å². The third-order valence-corrected chi connectivity index (χ3v) is 4.91. The number of halogens is 1. The lowest BCUT2D eigenvalue weighted by molar-refractivity contribution is -0.132. The summed E-state index contributed by atoms with van der Waals surface area (Å²) in [6.45, 7) is 3.33. The monoisotopic (exact) mass is 372 g/mol. The number of amides is 1. The van der Waals surface area contributed by atoms with Crippen molar-refractivity contribution >= 4 is 5.91 Å². The molecule has 0 radical (unpaired) electrons. The van der Waals surface area contributed by atoms with Crippen LogP contribution in [0, 0.1) is 5.82 Å². The van der Waals surface area contributed by atoms with Crippen molar-refractivity contribution in [1.82, 2.24) is 9.80 Å². The fourth-order valence-corrected chi connectivity index (χ4v) is 3.30. The lowest BCUT2D eigenvalue weighted by atomic mass is 10.1. The Balaban J connectivity index is 1.55. The number of hydrogen-bond acceptors (Lipinski definition) is 4. The van der Waals surface area contributed by atoms with E-state index in [-0.39, 0.29) is 11.7 Å². The van der Waals surface area contributed by atoms with Gasteiger partial charge in [0.15, 0.2) is 0 Å². The predicted octanol–water partition coefficient (Wildman–Crippen LogP) is 2.73. The van der Waals surface area contributed by atoms with Crippen LogP contribution in [0.2, 0.25) is 0 Å². The molecule has 27 heavy (non-hydrogen) atoms. The summed E-state index contributed by atoms with van der Waals surface area (Å²) in [7, 11) is 3.19. The second-order valence-electron chi connectivity index (χ2n) is 6.60. The van der Waals surface area contributed by atoms with Gasteiger partial charge in [-0.1, -0.05) is 24.3 Å². The second-order valence-corrected chi connectivity index (χ2v) is 6.60. The molecule has 3 rings (SSSR count). The predicted molar refractivity (Wildman–Crippen MR) is 102 cm³/mol. The average molecular weight is 372 g/mol. The molecule has 6 heteroatoms. The first kappa shape index (κ1) is 19.2. The molecular weight excluding hydrogens is 347 g/mol. The van der Waals surface area contributed by atoms with Crippen LogP contribution in [0.3, 0.4) is 0 Å². The van der Waals surface area contributed by atoms with Crippen molar-refractivity contribution in [1.29, 1.82) is 0 Å². The topological polar surface area (TPSA) is 42.0 Å². The van der Waals surface area contributed by atoms with Gasteiger partial charge < -0.3 is 14.4 Å². The fraction of sp³-hybridized carbons (Fsp3) is 0.381. The number of hydrogen-bond donors (Lipinski definition) is 0. The lowest BCUT2D eigenvalue weighted by Gasteiger charge is -2.35. The summed E-state index contributed by atoms with van der Waals surface area (Å²) in [5, 5.41) is 0. The number of nitrogens with zero attached hydrogens (tertiary/aromatic N) is 2. The van der Waals surface area contributed by atoms with Gasteiger partial charge in [-0.05, 0) is 12.1 Å². The minimum absolute atomic E-state index is 0.0732. The van der Waals surface area contributed by atoms with Crippen molar-refractivity contribution in [3.8, 4) is 11.5 Å². The number of carbonyl (C=O) groups is 1. The maximum atomic E-state index is 13.8. The Kier molecular flexibility index (Phi) is 6.29. The summed E-state index contributed by atoms with van der Waals surface area (Å²) < 4.78 is 24.4. The van der Waals surface area contributed by atoms with E-state index >= 15 is 0 Å². The molecule has 2 aromatic rings. The average Bonchev–Trinajstić information content (AvgIpc) is 2.70. The van der Waals surface area contributed by atoms with Crippen LogP contribution in [-0.2, 0) is 17.8 Å². The van der Waals surface area contributed by atoms with Crippen LogP contribution in [0.15, 0.2) is 42.5 Å². The standard InChI is InChI=1S/C21H25FN2O3/c1-26-18-8-7-16(20(14-18)27-2)13-21(25)24-11-9-23(10-12-24)15-17-5-3-4-6-19(17)22/h3-8,14H,9-13,15H2,1-2H3. The highest BCUT2D eigenvalue weighted by Gasteiger charge is 2.22. The molecule has 5 nitrogen and oxygen atoms in total. The van der Waals surface area contributed by atoms with Crippen molar-refractivity contribution in [3.63, 3.8) is 0 Å². The highest BCUT2D eigenvalue weighted by molar-refractivity contribution is 5.79. The summed E-state index contributed by atoms with van der Waals surface area (Å²) in [6, 6.07) is 12.3. The van der Waals surface area contributed by atoms with E-state index in [1.165, 1.54) is 6.07 Å². The molecule has 1 saturated heterocycles. The summed E-state index contributed by atoms with van der Waals surface area (Å²) in [5.41, 5.74) is 1.54. The van der Waals surface area contributed by atoms with Gasteiger partial charge in [-0.2, -0.15) is 0 Å². The summed E-state index contributed by atoms with van der Waals surface area (Å²) in [6.07, 6.45) is 0.292. The molecule has 0 aromatic heterocycles. The number of ether oxygens (including phenoxy) is 2. The van der Waals surface area contributed by atoms with Gasteiger partial charge in [0, 0.05) is 49.9 Å². The van der Waals surface area contributed by atoms with E-state index in [0.717, 1.165) is 18.7 Å². The molecule has 0 N–H and O–H groups in total. The molecule has 1 aliphatic heterocycles. The number of rotatable bonds is 6. The van der Waals surface area contributed by atoms with Gasteiger partial charge in [0.25, 0.3) is 0 Å². The number of methoxy groups -OCH3 is 2. The zero-order valence-corrected chi connectivity index (χ0v) is 15.8. The Morgan fingerprint density at radius 1 is 1.00 bits per heavy atom. The minimum atomic E-state index is -0.178. The molecule has 1 heterocycles. The lowest BCUT2D eigenvalue weighted by Crippen LogP contribution is -2.48. The summed E-state index contributed by atoms with van der Waals surface area (Å²) in [5.74, 6) is 1.25. The molecule has 0 atom stereocenters. The smallest absolute Gasteiger partial charge is 0.227 e. The molecule has 1 fully saturated rings. The number of carbonyl (C=O) groups excluding carboxylic acids is 1. The Bertz CT molecular complexity index is 789. The third kappa shape index (κ3) is 4.77. The fourth-order valence-electron chi connectivity index (χ4n) is 3.30. The maximum Gasteiger partial charge on any atom is 0.227 e. The molecule has 0 spiro atoms. The first-order valence-electron chi connectivity index (χ1n) is 9.05. The molecule has 0 aliphatic carbocycles. The highest BCUT2D eigenvalue weighted by atomic mass is 19.1. The van der Waals surface area contributed by atoms with Crippen molar-refractivity contribution in [2.75, 3.05) is 40.4 Å². The van der Waals surface area contributed by atoms with Crippen LogP contribution in [0.5, 0.6) is 11.5 Å². The van der Waals surface area contributed by atoms with E-state index in [0.29, 0.717) is 43.1 Å². The van der Waals surface area contributed by atoms with Gasteiger partial charge in [-0.15, -0.1) is 0 Å². The van der Waals surface area contributed by atoms with E-state index in [9.17, 15) is 9.18 Å². The number of benzene rings is 2. The van der Waals surface area contributed by atoms with Gasteiger partial charge in [0.1, 0.15) is 17.3 Å². The molecule has 1 aliphatic rings.